The maximum atomic E-state index is 12.6. The molecule has 0 atom stereocenters. The van der Waals surface area contributed by atoms with Gasteiger partial charge in [-0.3, -0.25) is 4.79 Å². The molecule has 5 nitrogen and oxygen atoms in total. The molecular formula is C19H22N4O. The highest BCUT2D eigenvalue weighted by atomic mass is 16.2. The number of piperidine rings is 1. The second kappa shape index (κ2) is 6.88. The van der Waals surface area contributed by atoms with Gasteiger partial charge in [0.25, 0.3) is 5.91 Å². The molecular weight excluding hydrogens is 300 g/mol. The summed E-state index contributed by atoms with van der Waals surface area (Å²) >= 11 is 0. The lowest BCUT2D eigenvalue weighted by molar-refractivity contribution is 0.0710. The first-order chi connectivity index (χ1) is 11.6. The lowest BCUT2D eigenvalue weighted by Gasteiger charge is -2.32. The molecule has 24 heavy (non-hydrogen) atoms. The Morgan fingerprint density at radius 3 is 2.75 bits per heavy atom. The van der Waals surface area contributed by atoms with Crippen LogP contribution in [0.15, 0.2) is 36.7 Å². The molecule has 0 aliphatic carbocycles. The van der Waals surface area contributed by atoms with E-state index in [4.69, 9.17) is 5.26 Å². The molecule has 1 aliphatic rings. The Morgan fingerprint density at radius 1 is 1.33 bits per heavy atom. The molecule has 0 spiro atoms. The van der Waals surface area contributed by atoms with Crippen molar-refractivity contribution in [2.24, 2.45) is 0 Å². The van der Waals surface area contributed by atoms with E-state index in [1.807, 2.05) is 17.3 Å². The fourth-order valence-electron chi connectivity index (χ4n) is 3.32. The van der Waals surface area contributed by atoms with E-state index in [1.54, 1.807) is 24.3 Å². The Morgan fingerprint density at radius 2 is 2.08 bits per heavy atom. The van der Waals surface area contributed by atoms with Crippen molar-refractivity contribution in [1.82, 2.24) is 14.5 Å². The quantitative estimate of drug-likeness (QED) is 0.870. The molecule has 0 radical (unpaired) electrons. The lowest BCUT2D eigenvalue weighted by Crippen LogP contribution is -2.38. The number of amides is 1. The maximum Gasteiger partial charge on any atom is 0.253 e. The number of hydrogen-bond acceptors (Lipinski definition) is 3. The minimum absolute atomic E-state index is 0.0118. The lowest BCUT2D eigenvalue weighted by atomic mass is 9.95. The zero-order chi connectivity index (χ0) is 17.1. The first-order valence-electron chi connectivity index (χ1n) is 8.42. The molecule has 2 heterocycles. The summed E-state index contributed by atoms with van der Waals surface area (Å²) in [5.74, 6) is 1.54. The smallest absolute Gasteiger partial charge is 0.253 e. The number of imidazole rings is 1. The molecule has 2 aromatic rings. The van der Waals surface area contributed by atoms with E-state index >= 15 is 0 Å². The van der Waals surface area contributed by atoms with Crippen molar-refractivity contribution in [2.75, 3.05) is 13.1 Å². The van der Waals surface area contributed by atoms with Crippen molar-refractivity contribution in [1.29, 1.82) is 5.26 Å². The van der Waals surface area contributed by atoms with Gasteiger partial charge in [-0.15, -0.1) is 0 Å². The molecule has 1 saturated heterocycles. The number of benzene rings is 1. The summed E-state index contributed by atoms with van der Waals surface area (Å²) in [4.78, 5) is 19.1. The van der Waals surface area contributed by atoms with Crippen LogP contribution >= 0.6 is 0 Å². The predicted octanol–water partition coefficient (Wildman–Crippen LogP) is 3.36. The molecule has 0 unspecified atom stereocenters. The molecule has 5 heteroatoms. The fourth-order valence-corrected chi connectivity index (χ4v) is 3.32. The Labute approximate surface area is 142 Å². The molecule has 0 saturated carbocycles. The number of carbonyl (C=O) groups is 1. The third kappa shape index (κ3) is 3.18. The molecule has 1 aliphatic heterocycles. The molecule has 1 fully saturated rings. The highest BCUT2D eigenvalue weighted by Crippen LogP contribution is 2.29. The van der Waals surface area contributed by atoms with E-state index < -0.39 is 0 Å². The van der Waals surface area contributed by atoms with Crippen LogP contribution < -0.4 is 0 Å². The van der Waals surface area contributed by atoms with Crippen LogP contribution in [-0.2, 0) is 0 Å². The highest BCUT2D eigenvalue weighted by Gasteiger charge is 2.27. The van der Waals surface area contributed by atoms with Crippen molar-refractivity contribution in [2.45, 2.75) is 38.6 Å². The van der Waals surface area contributed by atoms with Crippen LogP contribution in [0.2, 0.25) is 0 Å². The standard InChI is InChI=1S/C19H22N4O/c1-14(2)23-11-8-21-18(23)16-6-9-22(10-7-16)19(24)17-5-3-4-15(12-17)13-20/h3-5,8,11-12,14,16H,6-7,9-10H2,1-2H3. The zero-order valence-electron chi connectivity index (χ0n) is 14.1. The number of hydrogen-bond donors (Lipinski definition) is 0. The first-order valence-corrected chi connectivity index (χ1v) is 8.42. The van der Waals surface area contributed by atoms with Gasteiger partial charge >= 0.3 is 0 Å². The van der Waals surface area contributed by atoms with Crippen LogP contribution in [0.25, 0.3) is 0 Å². The number of nitriles is 1. The fraction of sp³-hybridized carbons (Fsp3) is 0.421. The Hall–Kier alpha value is -2.61. The molecule has 3 rings (SSSR count). The van der Waals surface area contributed by atoms with Crippen molar-refractivity contribution in [3.63, 3.8) is 0 Å². The average Bonchev–Trinajstić information content (AvgIpc) is 3.11. The average molecular weight is 322 g/mol. The van der Waals surface area contributed by atoms with Gasteiger partial charge in [0.15, 0.2) is 0 Å². The van der Waals surface area contributed by atoms with Gasteiger partial charge in [-0.05, 0) is 44.9 Å². The van der Waals surface area contributed by atoms with Crippen molar-refractivity contribution in [3.05, 3.63) is 53.6 Å². The van der Waals surface area contributed by atoms with Crippen LogP contribution in [0.5, 0.6) is 0 Å². The molecule has 1 aromatic heterocycles. The molecule has 1 amide bonds. The van der Waals surface area contributed by atoms with E-state index in [2.05, 4.69) is 29.5 Å². The van der Waals surface area contributed by atoms with Crippen molar-refractivity contribution in [3.8, 4) is 6.07 Å². The van der Waals surface area contributed by atoms with Gasteiger partial charge in [0.1, 0.15) is 5.82 Å². The topological polar surface area (TPSA) is 61.9 Å². The molecule has 0 bridgehead atoms. The monoisotopic (exact) mass is 322 g/mol. The van der Waals surface area contributed by atoms with Crippen LogP contribution in [0.3, 0.4) is 0 Å². The van der Waals surface area contributed by atoms with Crippen molar-refractivity contribution >= 4 is 5.91 Å². The van der Waals surface area contributed by atoms with Gasteiger partial charge in [0.2, 0.25) is 0 Å². The third-order valence-electron chi connectivity index (χ3n) is 4.64. The number of carbonyl (C=O) groups excluding carboxylic acids is 1. The minimum atomic E-state index is 0.0118. The minimum Gasteiger partial charge on any atom is -0.339 e. The number of rotatable bonds is 3. The second-order valence-corrected chi connectivity index (χ2v) is 6.55. The molecule has 1 aromatic carbocycles. The van der Waals surface area contributed by atoms with Gasteiger partial charge in [-0.1, -0.05) is 6.07 Å². The largest absolute Gasteiger partial charge is 0.339 e. The van der Waals surface area contributed by atoms with E-state index in [0.29, 0.717) is 23.1 Å². The maximum absolute atomic E-state index is 12.6. The van der Waals surface area contributed by atoms with Crippen LogP contribution in [-0.4, -0.2) is 33.4 Å². The summed E-state index contributed by atoms with van der Waals surface area (Å²) in [6.45, 7) is 5.77. The summed E-state index contributed by atoms with van der Waals surface area (Å²) in [6.07, 6.45) is 5.74. The zero-order valence-corrected chi connectivity index (χ0v) is 14.1. The van der Waals surface area contributed by atoms with Gasteiger partial charge in [-0.2, -0.15) is 5.26 Å². The Balaban J connectivity index is 1.67. The summed E-state index contributed by atoms with van der Waals surface area (Å²) in [5.41, 5.74) is 1.12. The van der Waals surface area contributed by atoms with Crippen LogP contribution in [0.1, 0.15) is 60.4 Å². The molecule has 0 N–H and O–H groups in total. The van der Waals surface area contributed by atoms with E-state index in [0.717, 1.165) is 31.8 Å². The summed E-state index contributed by atoms with van der Waals surface area (Å²) in [7, 11) is 0. The van der Waals surface area contributed by atoms with Gasteiger partial charge in [-0.25, -0.2) is 4.98 Å². The Kier molecular flexibility index (Phi) is 4.66. The SMILES string of the molecule is CC(C)n1ccnc1C1CCN(C(=O)c2cccc(C#N)c2)CC1. The van der Waals surface area contributed by atoms with E-state index in [1.165, 1.54) is 0 Å². The van der Waals surface area contributed by atoms with E-state index in [9.17, 15) is 4.79 Å². The third-order valence-corrected chi connectivity index (χ3v) is 4.64. The first kappa shape index (κ1) is 16.3. The normalized spacial score (nSPS) is 15.5. The molecule has 124 valence electrons. The van der Waals surface area contributed by atoms with Crippen LogP contribution in [0, 0.1) is 11.3 Å². The highest BCUT2D eigenvalue weighted by molar-refractivity contribution is 5.94. The number of aromatic nitrogens is 2. The second-order valence-electron chi connectivity index (χ2n) is 6.55. The van der Waals surface area contributed by atoms with Crippen molar-refractivity contribution < 1.29 is 4.79 Å². The summed E-state index contributed by atoms with van der Waals surface area (Å²) < 4.78 is 2.22. The van der Waals surface area contributed by atoms with Crippen LogP contribution in [0.4, 0.5) is 0 Å². The summed E-state index contributed by atoms with van der Waals surface area (Å²) in [6, 6.07) is 9.41. The van der Waals surface area contributed by atoms with Gasteiger partial charge in [0.05, 0.1) is 11.6 Å². The van der Waals surface area contributed by atoms with Gasteiger partial charge < -0.3 is 9.47 Å². The summed E-state index contributed by atoms with van der Waals surface area (Å²) in [5, 5.41) is 8.98. The Bertz CT molecular complexity index is 764. The predicted molar refractivity (Wildman–Crippen MR) is 91.6 cm³/mol. The van der Waals surface area contributed by atoms with Gasteiger partial charge in [0, 0.05) is 43.0 Å². The van der Waals surface area contributed by atoms with E-state index in [-0.39, 0.29) is 5.91 Å². The number of nitrogens with zero attached hydrogens (tertiary/aromatic N) is 4. The number of likely N-dealkylation sites (tertiary alicyclic amines) is 1.